The highest BCUT2D eigenvalue weighted by Crippen LogP contribution is 2.45. The predicted octanol–water partition coefficient (Wildman–Crippen LogP) is 26.5. The van der Waals surface area contributed by atoms with Gasteiger partial charge >= 0.3 is 39.5 Å². The molecule has 6 atom stereocenters. The van der Waals surface area contributed by atoms with Gasteiger partial charge in [0.2, 0.25) is 0 Å². The van der Waals surface area contributed by atoms with Crippen LogP contribution in [0.15, 0.2) is 0 Å². The Kier molecular flexibility index (Phi) is 75.6. The van der Waals surface area contributed by atoms with Gasteiger partial charge in [-0.15, -0.1) is 0 Å². The first-order chi connectivity index (χ1) is 51.3. The molecule has 0 rings (SSSR count). The van der Waals surface area contributed by atoms with Crippen LogP contribution in [0.4, 0.5) is 0 Å². The second-order valence-electron chi connectivity index (χ2n) is 32.5. The third kappa shape index (κ3) is 78.7. The molecule has 17 nitrogen and oxygen atoms in total. The number of unbranched alkanes of at least 4 members (excludes halogenated alkanes) is 52. The molecular weight excluding hydrogens is 1380 g/mol. The molecule has 3 unspecified atom stereocenters. The number of esters is 4. The van der Waals surface area contributed by atoms with Crippen LogP contribution in [0.25, 0.3) is 0 Å². The van der Waals surface area contributed by atoms with E-state index in [0.717, 1.165) is 108 Å². The van der Waals surface area contributed by atoms with Gasteiger partial charge < -0.3 is 33.8 Å². The summed E-state index contributed by atoms with van der Waals surface area (Å²) in [7, 11) is -9.93. The lowest BCUT2D eigenvalue weighted by molar-refractivity contribution is -0.161. The first-order valence-electron chi connectivity index (χ1n) is 44.9. The summed E-state index contributed by atoms with van der Waals surface area (Å²) in [5.74, 6) is 0.342. The van der Waals surface area contributed by atoms with Crippen molar-refractivity contribution < 1.29 is 80.2 Å². The second-order valence-corrected chi connectivity index (χ2v) is 35.4. The number of carbonyl (C=O) groups excluding carboxylic acids is 4. The number of hydrogen-bond donors (Lipinski definition) is 3. The van der Waals surface area contributed by atoms with Crippen molar-refractivity contribution in [3.05, 3.63) is 0 Å². The molecule has 630 valence electrons. The number of phosphoric ester groups is 2. The number of hydrogen-bond acceptors (Lipinski definition) is 15. The summed E-state index contributed by atoms with van der Waals surface area (Å²) in [6.45, 7) is 12.1. The average molecular weight is 1550 g/mol. The van der Waals surface area contributed by atoms with E-state index < -0.39 is 97.5 Å². The maximum Gasteiger partial charge on any atom is 0.472 e. The van der Waals surface area contributed by atoms with Crippen LogP contribution in [0, 0.1) is 17.8 Å². The van der Waals surface area contributed by atoms with Gasteiger partial charge in [0.25, 0.3) is 0 Å². The largest absolute Gasteiger partial charge is 0.472 e. The minimum Gasteiger partial charge on any atom is -0.462 e. The zero-order chi connectivity index (χ0) is 77.9. The van der Waals surface area contributed by atoms with Crippen molar-refractivity contribution in [3.63, 3.8) is 0 Å². The standard InChI is InChI=1S/C87H170O17P2/c1-8-10-11-12-13-14-40-47-54-61-68-84(89)97-74-82(104-87(92)71-64-57-50-43-36-35-38-45-52-59-66-79(5)6)76-101-105(93,94)99-72-81(88)73-100-106(95,96)102-77-83(75-98-85(90)69-62-55-48-41-33-29-25-21-17-15-19-23-27-31-37-44-51-58-65-78(3)4)103-86(91)70-63-56-49-42-34-30-26-22-18-16-20-24-28-32-39-46-53-60-67-80(7)9-2/h78-83,88H,8-77H2,1-7H3,(H,93,94)(H,95,96)/t80?,81-,82+,83+/m0/s1. The second kappa shape index (κ2) is 77.0. The molecular formula is C87H170O17P2. The SMILES string of the molecule is CCCCCCCCCCCCC(=O)OC[C@H](COP(=O)(O)OC[C@H](O)COP(=O)(O)OC[C@@H](COC(=O)CCCCCCCCCCCCCCCCCCCCC(C)C)OC(=O)CCCCCCCCCCCCCCCCCCCCC(C)CC)OC(=O)CCCCCCCCCCCCC(C)C. The monoisotopic (exact) mass is 1550 g/mol. The van der Waals surface area contributed by atoms with E-state index in [9.17, 15) is 43.2 Å². The van der Waals surface area contributed by atoms with Crippen LogP contribution in [-0.2, 0) is 65.4 Å². The molecule has 3 N–H and O–H groups in total. The van der Waals surface area contributed by atoms with E-state index >= 15 is 0 Å². The third-order valence-corrected chi connectivity index (χ3v) is 22.6. The highest BCUT2D eigenvalue weighted by Gasteiger charge is 2.31. The average Bonchev–Trinajstić information content (AvgIpc) is 0.903. The molecule has 0 aliphatic carbocycles. The van der Waals surface area contributed by atoms with Gasteiger partial charge in [-0.25, -0.2) is 9.13 Å². The van der Waals surface area contributed by atoms with Crippen molar-refractivity contribution in [2.45, 2.75) is 478 Å². The third-order valence-electron chi connectivity index (χ3n) is 20.7. The Morgan fingerprint density at radius 3 is 0.717 bits per heavy atom. The molecule has 0 amide bonds. The van der Waals surface area contributed by atoms with E-state index in [1.165, 1.54) is 270 Å². The molecule has 0 spiro atoms. The molecule has 0 saturated carbocycles. The lowest BCUT2D eigenvalue weighted by Crippen LogP contribution is -2.30. The topological polar surface area (TPSA) is 237 Å². The summed E-state index contributed by atoms with van der Waals surface area (Å²) in [6, 6.07) is 0. The predicted molar refractivity (Wildman–Crippen MR) is 437 cm³/mol. The van der Waals surface area contributed by atoms with Crippen LogP contribution in [0.3, 0.4) is 0 Å². The Bertz CT molecular complexity index is 2050. The van der Waals surface area contributed by atoms with E-state index in [4.69, 9.17) is 37.0 Å². The molecule has 0 heterocycles. The fourth-order valence-corrected chi connectivity index (χ4v) is 15.1. The summed E-state index contributed by atoms with van der Waals surface area (Å²) in [5.41, 5.74) is 0. The van der Waals surface area contributed by atoms with Crippen molar-refractivity contribution >= 4 is 39.5 Å². The van der Waals surface area contributed by atoms with Crippen LogP contribution in [-0.4, -0.2) is 96.7 Å². The molecule has 0 fully saturated rings. The summed E-state index contributed by atoms with van der Waals surface area (Å²) in [5, 5.41) is 10.7. The number of phosphoric acid groups is 2. The fourth-order valence-electron chi connectivity index (χ4n) is 13.5. The van der Waals surface area contributed by atoms with Gasteiger partial charge in [0.15, 0.2) is 12.2 Å². The molecule has 0 aliphatic heterocycles. The minimum absolute atomic E-state index is 0.106. The summed E-state index contributed by atoms with van der Waals surface area (Å²) in [6.07, 6.45) is 68.1. The van der Waals surface area contributed by atoms with Gasteiger partial charge in [-0.3, -0.25) is 37.3 Å². The lowest BCUT2D eigenvalue weighted by atomic mass is 9.99. The Morgan fingerprint density at radius 2 is 0.481 bits per heavy atom. The van der Waals surface area contributed by atoms with E-state index in [-0.39, 0.29) is 25.7 Å². The maximum absolute atomic E-state index is 13.2. The lowest BCUT2D eigenvalue weighted by Gasteiger charge is -2.21. The smallest absolute Gasteiger partial charge is 0.462 e. The van der Waals surface area contributed by atoms with Crippen LogP contribution < -0.4 is 0 Å². The van der Waals surface area contributed by atoms with Crippen molar-refractivity contribution in [2.75, 3.05) is 39.6 Å². The van der Waals surface area contributed by atoms with Gasteiger partial charge in [-0.1, -0.05) is 408 Å². The van der Waals surface area contributed by atoms with Crippen LogP contribution >= 0.6 is 15.6 Å². The molecule has 106 heavy (non-hydrogen) atoms. The molecule has 0 aromatic heterocycles. The molecule has 0 aromatic rings. The zero-order valence-electron chi connectivity index (χ0n) is 69.9. The molecule has 19 heteroatoms. The maximum atomic E-state index is 13.2. The Balaban J connectivity index is 5.20. The van der Waals surface area contributed by atoms with E-state index in [0.29, 0.717) is 25.7 Å². The van der Waals surface area contributed by atoms with Crippen LogP contribution in [0.5, 0.6) is 0 Å². The highest BCUT2D eigenvalue weighted by molar-refractivity contribution is 7.47. The van der Waals surface area contributed by atoms with Gasteiger partial charge in [0.1, 0.15) is 19.3 Å². The minimum atomic E-state index is -4.97. The molecule has 0 bridgehead atoms. The molecule has 0 radical (unpaired) electrons. The van der Waals surface area contributed by atoms with Gasteiger partial charge in [0, 0.05) is 25.7 Å². The fraction of sp³-hybridized carbons (Fsp3) is 0.954. The van der Waals surface area contributed by atoms with Gasteiger partial charge in [-0.2, -0.15) is 0 Å². The van der Waals surface area contributed by atoms with Gasteiger partial charge in [-0.05, 0) is 43.4 Å². The molecule has 0 aromatic carbocycles. The number of carbonyl (C=O) groups is 4. The van der Waals surface area contributed by atoms with E-state index in [2.05, 4.69) is 48.5 Å². The van der Waals surface area contributed by atoms with Crippen molar-refractivity contribution in [1.82, 2.24) is 0 Å². The van der Waals surface area contributed by atoms with E-state index in [1.54, 1.807) is 0 Å². The number of aliphatic hydroxyl groups is 1. The van der Waals surface area contributed by atoms with Crippen LogP contribution in [0.2, 0.25) is 0 Å². The van der Waals surface area contributed by atoms with Crippen LogP contribution in [0.1, 0.15) is 459 Å². The first-order valence-corrected chi connectivity index (χ1v) is 47.9. The molecule has 0 aliphatic rings. The van der Waals surface area contributed by atoms with Gasteiger partial charge in [0.05, 0.1) is 26.4 Å². The highest BCUT2D eigenvalue weighted by atomic mass is 31.2. The normalized spacial score (nSPS) is 14.1. The number of rotatable bonds is 85. The number of aliphatic hydroxyl groups excluding tert-OH is 1. The van der Waals surface area contributed by atoms with Crippen molar-refractivity contribution in [1.29, 1.82) is 0 Å². The summed E-state index contributed by atoms with van der Waals surface area (Å²) >= 11 is 0. The summed E-state index contributed by atoms with van der Waals surface area (Å²) in [4.78, 5) is 73.2. The van der Waals surface area contributed by atoms with Crippen molar-refractivity contribution in [3.8, 4) is 0 Å². The quantitative estimate of drug-likeness (QED) is 0.0222. The Labute approximate surface area is 651 Å². The first kappa shape index (κ1) is 104. The molecule has 0 saturated heterocycles. The number of ether oxygens (including phenoxy) is 4. The van der Waals surface area contributed by atoms with Crippen molar-refractivity contribution in [2.24, 2.45) is 17.8 Å². The Morgan fingerprint density at radius 1 is 0.274 bits per heavy atom. The Hall–Kier alpha value is -1.94. The van der Waals surface area contributed by atoms with E-state index in [1.807, 2.05) is 0 Å². The zero-order valence-corrected chi connectivity index (χ0v) is 71.7. The summed E-state index contributed by atoms with van der Waals surface area (Å²) < 4.78 is 68.9.